The van der Waals surface area contributed by atoms with E-state index in [9.17, 15) is 24.6 Å². The van der Waals surface area contributed by atoms with Crippen LogP contribution in [0.4, 0.5) is 0 Å². The number of ketones is 1. The largest absolute Gasteiger partial charge is 0.508 e. The lowest BCUT2D eigenvalue weighted by atomic mass is 10.1. The Labute approximate surface area is 206 Å². The molecule has 3 N–H and O–H groups in total. The Hall–Kier alpha value is -4.79. The molecule has 0 spiro atoms. The van der Waals surface area contributed by atoms with Crippen LogP contribution in [0.1, 0.15) is 21.5 Å². The third kappa shape index (κ3) is 5.82. The lowest BCUT2D eigenvalue weighted by molar-refractivity contribution is -0.142. The predicted octanol–water partition coefficient (Wildman–Crippen LogP) is 3.21. The van der Waals surface area contributed by atoms with Crippen molar-refractivity contribution in [3.05, 3.63) is 89.2 Å². The van der Waals surface area contributed by atoms with Gasteiger partial charge in [0.05, 0.1) is 12.7 Å². The molecule has 1 aliphatic heterocycles. The number of carbonyl (C=O) groups excluding carboxylic acids is 2. The molecule has 1 aliphatic rings. The first-order valence-electron chi connectivity index (χ1n) is 11.0. The van der Waals surface area contributed by atoms with Crippen molar-refractivity contribution in [2.75, 3.05) is 13.7 Å². The summed E-state index contributed by atoms with van der Waals surface area (Å²) in [4.78, 5) is 36.6. The summed E-state index contributed by atoms with van der Waals surface area (Å²) in [5.74, 6) is -0.601. The zero-order valence-corrected chi connectivity index (χ0v) is 19.3. The number of methoxy groups -OCH3 is 1. The number of aromatic hydroxyl groups is 1. The number of ether oxygens (including phenoxy) is 3. The smallest absolute Gasteiger partial charge is 0.326 e. The molecule has 0 unspecified atom stereocenters. The van der Waals surface area contributed by atoms with Gasteiger partial charge >= 0.3 is 5.97 Å². The molecule has 1 heterocycles. The van der Waals surface area contributed by atoms with E-state index in [0.29, 0.717) is 22.6 Å². The average Bonchev–Trinajstić information content (AvgIpc) is 3.18. The van der Waals surface area contributed by atoms with Gasteiger partial charge in [0.25, 0.3) is 5.91 Å². The zero-order chi connectivity index (χ0) is 25.7. The van der Waals surface area contributed by atoms with Crippen molar-refractivity contribution in [3.63, 3.8) is 0 Å². The number of hydrogen-bond donors (Lipinski definition) is 3. The van der Waals surface area contributed by atoms with E-state index in [1.807, 2.05) is 0 Å². The molecule has 9 heteroatoms. The molecule has 4 rings (SSSR count). The quantitative estimate of drug-likeness (QED) is 0.391. The molecule has 3 aromatic carbocycles. The van der Waals surface area contributed by atoms with Gasteiger partial charge in [-0.2, -0.15) is 0 Å². The summed E-state index contributed by atoms with van der Waals surface area (Å²) in [6, 6.07) is 16.6. The Kier molecular flexibility index (Phi) is 7.20. The van der Waals surface area contributed by atoms with Gasteiger partial charge in [0.15, 0.2) is 12.4 Å². The van der Waals surface area contributed by atoms with E-state index in [-0.39, 0.29) is 29.5 Å². The molecule has 9 nitrogen and oxygen atoms in total. The van der Waals surface area contributed by atoms with E-state index < -0.39 is 24.5 Å². The summed E-state index contributed by atoms with van der Waals surface area (Å²) in [6.07, 6.45) is 1.66. The van der Waals surface area contributed by atoms with Crippen molar-refractivity contribution >= 4 is 23.7 Å². The van der Waals surface area contributed by atoms with Gasteiger partial charge in [-0.15, -0.1) is 0 Å². The minimum atomic E-state index is -1.20. The van der Waals surface area contributed by atoms with Crippen molar-refractivity contribution in [1.29, 1.82) is 0 Å². The number of Topliss-reactive ketones (excluding diaryl/α,β-unsaturated/α-hetero) is 1. The Morgan fingerprint density at radius 2 is 1.72 bits per heavy atom. The first-order valence-corrected chi connectivity index (χ1v) is 11.0. The number of amides is 1. The summed E-state index contributed by atoms with van der Waals surface area (Å²) >= 11 is 0. The number of carboxylic acid groups (broad SMARTS) is 1. The van der Waals surface area contributed by atoms with Gasteiger partial charge in [0, 0.05) is 12.5 Å². The maximum atomic E-state index is 12.7. The summed E-state index contributed by atoms with van der Waals surface area (Å²) < 4.78 is 16.3. The Morgan fingerprint density at radius 3 is 2.39 bits per heavy atom. The molecule has 0 aromatic heterocycles. The van der Waals surface area contributed by atoms with Crippen molar-refractivity contribution in [2.24, 2.45) is 0 Å². The molecule has 0 saturated heterocycles. The fourth-order valence-electron chi connectivity index (χ4n) is 3.56. The Morgan fingerprint density at radius 1 is 1.03 bits per heavy atom. The first-order chi connectivity index (χ1) is 17.3. The normalized spacial score (nSPS) is 14.0. The van der Waals surface area contributed by atoms with Crippen molar-refractivity contribution in [1.82, 2.24) is 5.32 Å². The molecule has 3 aromatic rings. The maximum Gasteiger partial charge on any atom is 0.326 e. The van der Waals surface area contributed by atoms with Crippen LogP contribution < -0.4 is 19.5 Å². The highest BCUT2D eigenvalue weighted by Gasteiger charge is 2.28. The second-order valence-electron chi connectivity index (χ2n) is 7.99. The Balaban J connectivity index is 1.36. The standard InChI is InChI=1S/C27H23NO8/c1-34-19-8-4-17(5-9-19)13-24-26(31)21-11-10-20(14-23(21)36-24)35-15-25(30)28-22(27(32)33)12-16-2-6-18(29)7-3-16/h2-11,13-14,22,29H,12,15H2,1H3,(H,28,30)(H,32,33)/b24-13-/t22-/m1/s1. The lowest BCUT2D eigenvalue weighted by Crippen LogP contribution is -2.44. The lowest BCUT2D eigenvalue weighted by Gasteiger charge is -2.15. The zero-order valence-electron chi connectivity index (χ0n) is 19.3. The van der Waals surface area contributed by atoms with Crippen LogP contribution in [0.3, 0.4) is 0 Å². The molecule has 1 atom stereocenters. The number of allylic oxidation sites excluding steroid dienone is 1. The van der Waals surface area contributed by atoms with Crippen molar-refractivity contribution < 1.29 is 38.8 Å². The summed E-state index contributed by atoms with van der Waals surface area (Å²) in [5, 5.41) is 21.2. The Bertz CT molecular complexity index is 1310. The topological polar surface area (TPSA) is 131 Å². The van der Waals surface area contributed by atoms with Gasteiger partial charge in [0.2, 0.25) is 5.78 Å². The van der Waals surface area contributed by atoms with Gasteiger partial charge in [-0.05, 0) is 53.6 Å². The van der Waals surface area contributed by atoms with E-state index in [1.54, 1.807) is 55.7 Å². The fraction of sp³-hybridized carbons (Fsp3) is 0.148. The van der Waals surface area contributed by atoms with Crippen LogP contribution in [-0.4, -0.2) is 47.6 Å². The number of nitrogens with one attached hydrogen (secondary N) is 1. The number of phenols is 1. The third-order valence-electron chi connectivity index (χ3n) is 5.43. The number of benzene rings is 3. The molecule has 0 saturated carbocycles. The number of phenolic OH excluding ortho intramolecular Hbond substituents is 1. The highest BCUT2D eigenvalue weighted by molar-refractivity contribution is 6.14. The highest BCUT2D eigenvalue weighted by Crippen LogP contribution is 2.35. The number of aliphatic carboxylic acids is 1. The summed E-state index contributed by atoms with van der Waals surface area (Å²) in [5.41, 5.74) is 1.77. The van der Waals surface area contributed by atoms with Crippen LogP contribution in [0, 0.1) is 0 Å². The second-order valence-corrected chi connectivity index (χ2v) is 7.99. The van der Waals surface area contributed by atoms with E-state index >= 15 is 0 Å². The van der Waals surface area contributed by atoms with Crippen LogP contribution in [0.2, 0.25) is 0 Å². The average molecular weight is 489 g/mol. The van der Waals surface area contributed by atoms with Crippen molar-refractivity contribution in [3.8, 4) is 23.0 Å². The highest BCUT2D eigenvalue weighted by atomic mass is 16.5. The van der Waals surface area contributed by atoms with E-state index in [1.165, 1.54) is 24.3 Å². The molecule has 36 heavy (non-hydrogen) atoms. The van der Waals surface area contributed by atoms with Crippen LogP contribution in [0.15, 0.2) is 72.5 Å². The van der Waals surface area contributed by atoms with Gasteiger partial charge in [-0.1, -0.05) is 24.3 Å². The molecule has 0 bridgehead atoms. The molecule has 0 fully saturated rings. The number of carboxylic acids is 1. The maximum absolute atomic E-state index is 12.7. The van der Waals surface area contributed by atoms with Gasteiger partial charge < -0.3 is 29.7 Å². The third-order valence-corrected chi connectivity index (χ3v) is 5.43. The SMILES string of the molecule is COc1ccc(/C=C2\Oc3cc(OCC(=O)N[C@H](Cc4ccc(O)cc4)C(=O)O)ccc3C2=O)cc1. The monoisotopic (exact) mass is 489 g/mol. The molecule has 184 valence electrons. The number of carbonyl (C=O) groups is 3. The minimum Gasteiger partial charge on any atom is -0.508 e. The number of hydrogen-bond acceptors (Lipinski definition) is 7. The van der Waals surface area contributed by atoms with Crippen LogP contribution in [0.25, 0.3) is 6.08 Å². The molecule has 0 radical (unpaired) electrons. The fourth-order valence-corrected chi connectivity index (χ4v) is 3.56. The van der Waals surface area contributed by atoms with Crippen LogP contribution >= 0.6 is 0 Å². The van der Waals surface area contributed by atoms with Crippen LogP contribution in [0.5, 0.6) is 23.0 Å². The van der Waals surface area contributed by atoms with Gasteiger partial charge in [-0.25, -0.2) is 4.79 Å². The number of fused-ring (bicyclic) bond motifs is 1. The van der Waals surface area contributed by atoms with Gasteiger partial charge in [0.1, 0.15) is 29.0 Å². The van der Waals surface area contributed by atoms with E-state index in [4.69, 9.17) is 14.2 Å². The minimum absolute atomic E-state index is 0.0411. The summed E-state index contributed by atoms with van der Waals surface area (Å²) in [7, 11) is 1.57. The predicted molar refractivity (Wildman–Crippen MR) is 129 cm³/mol. The van der Waals surface area contributed by atoms with Crippen LogP contribution in [-0.2, 0) is 16.0 Å². The molecular weight excluding hydrogens is 466 g/mol. The molecular formula is C27H23NO8. The van der Waals surface area contributed by atoms with Crippen molar-refractivity contribution in [2.45, 2.75) is 12.5 Å². The number of rotatable bonds is 9. The second kappa shape index (κ2) is 10.6. The molecule has 1 amide bonds. The van der Waals surface area contributed by atoms with E-state index in [0.717, 1.165) is 5.56 Å². The molecule has 0 aliphatic carbocycles. The van der Waals surface area contributed by atoms with E-state index in [2.05, 4.69) is 5.32 Å². The first kappa shape index (κ1) is 24.3. The summed E-state index contributed by atoms with van der Waals surface area (Å²) in [6.45, 7) is -0.430. The van der Waals surface area contributed by atoms with Gasteiger partial charge in [-0.3, -0.25) is 9.59 Å².